The fourth-order valence-electron chi connectivity index (χ4n) is 4.89. The Kier molecular flexibility index (Phi) is 9.18. The van der Waals surface area contributed by atoms with Gasteiger partial charge in [0.25, 0.3) is 0 Å². The molecule has 0 radical (unpaired) electrons. The summed E-state index contributed by atoms with van der Waals surface area (Å²) < 4.78 is 0. The van der Waals surface area contributed by atoms with Crippen LogP contribution in [0.25, 0.3) is 0 Å². The summed E-state index contributed by atoms with van der Waals surface area (Å²) in [5, 5.41) is 0. The molecule has 1 aliphatic carbocycles. The zero-order valence-corrected chi connectivity index (χ0v) is 21.7. The number of carbonyl (C=O) groups excluding carboxylic acids is 3. The molecule has 4 aliphatic rings. The topological polar surface area (TPSA) is 60.9 Å². The van der Waals surface area contributed by atoms with Crippen molar-refractivity contribution in [3.63, 3.8) is 0 Å². The molecule has 1 spiro atoms. The standard InChI is InChI=1S/C10H17NO.2C8H15NO/c1-3-8(2)11-7-10(4-5-10)6-9(11)12;1-4-9-6-8(2,3)5-7(9)10;1-3-7(2)9-6-4-5-8(9)10/h8H,3-7H2,1-2H3;4-6H2,1-3H3;7H,3-6H2,1-2H3. The molecular formula is C26H47N3O3. The molecule has 0 N–H and O–H groups in total. The average molecular weight is 450 g/mol. The van der Waals surface area contributed by atoms with Crippen molar-refractivity contribution in [2.24, 2.45) is 10.8 Å². The lowest BCUT2D eigenvalue weighted by atomic mass is 9.93. The summed E-state index contributed by atoms with van der Waals surface area (Å²) in [6.45, 7) is 18.7. The van der Waals surface area contributed by atoms with Gasteiger partial charge in [-0.2, -0.15) is 0 Å². The van der Waals surface area contributed by atoms with Gasteiger partial charge in [0.05, 0.1) is 0 Å². The van der Waals surface area contributed by atoms with Crippen LogP contribution in [0, 0.1) is 10.8 Å². The quantitative estimate of drug-likeness (QED) is 0.622. The third-order valence-corrected chi connectivity index (χ3v) is 7.65. The highest BCUT2D eigenvalue weighted by atomic mass is 16.2. The van der Waals surface area contributed by atoms with Gasteiger partial charge < -0.3 is 14.7 Å². The normalized spacial score (nSPS) is 24.8. The minimum absolute atomic E-state index is 0.215. The maximum Gasteiger partial charge on any atom is 0.223 e. The van der Waals surface area contributed by atoms with E-state index in [1.807, 2.05) is 16.7 Å². The third-order valence-electron chi connectivity index (χ3n) is 7.65. The number of hydrogen-bond donors (Lipinski definition) is 0. The number of likely N-dealkylation sites (tertiary alicyclic amines) is 3. The van der Waals surface area contributed by atoms with E-state index in [2.05, 4.69) is 46.4 Å². The molecule has 1 saturated carbocycles. The van der Waals surface area contributed by atoms with Crippen LogP contribution in [0.1, 0.15) is 99.8 Å². The number of hydrogen-bond acceptors (Lipinski definition) is 3. The molecule has 3 amide bonds. The van der Waals surface area contributed by atoms with E-state index in [0.29, 0.717) is 35.2 Å². The van der Waals surface area contributed by atoms with Crippen molar-refractivity contribution in [1.29, 1.82) is 0 Å². The average Bonchev–Trinajstić information content (AvgIpc) is 3.06. The van der Waals surface area contributed by atoms with Gasteiger partial charge in [-0.15, -0.1) is 0 Å². The summed E-state index contributed by atoms with van der Waals surface area (Å²) in [4.78, 5) is 39.8. The Labute approximate surface area is 196 Å². The highest BCUT2D eigenvalue weighted by molar-refractivity contribution is 5.80. The Balaban J connectivity index is 0.000000171. The van der Waals surface area contributed by atoms with Crippen LogP contribution >= 0.6 is 0 Å². The van der Waals surface area contributed by atoms with Gasteiger partial charge in [-0.3, -0.25) is 14.4 Å². The molecule has 2 unspecified atom stereocenters. The molecule has 4 fully saturated rings. The summed E-state index contributed by atoms with van der Waals surface area (Å²) in [5.41, 5.74) is 0.660. The SMILES string of the molecule is CCC(C)N1CC2(CC2)CC1=O.CCC(C)N1CCCC1=O.CCN1CC(C)(C)CC1=O. The number of rotatable bonds is 5. The first-order valence-corrected chi connectivity index (χ1v) is 12.8. The number of carbonyl (C=O) groups is 3. The van der Waals surface area contributed by atoms with Crippen LogP contribution in [0.15, 0.2) is 0 Å². The van der Waals surface area contributed by atoms with Gasteiger partial charge in [0.1, 0.15) is 0 Å². The molecule has 184 valence electrons. The highest BCUT2D eigenvalue weighted by Crippen LogP contribution is 2.53. The molecule has 2 atom stereocenters. The van der Waals surface area contributed by atoms with Crippen molar-refractivity contribution in [1.82, 2.24) is 14.7 Å². The van der Waals surface area contributed by atoms with E-state index in [1.54, 1.807) is 0 Å². The summed E-state index contributed by atoms with van der Waals surface area (Å²) in [7, 11) is 0. The summed E-state index contributed by atoms with van der Waals surface area (Å²) in [5.74, 6) is 1.05. The highest BCUT2D eigenvalue weighted by Gasteiger charge is 2.52. The Hall–Kier alpha value is -1.59. The van der Waals surface area contributed by atoms with Crippen LogP contribution in [0.3, 0.4) is 0 Å². The van der Waals surface area contributed by atoms with Crippen LogP contribution in [-0.2, 0) is 14.4 Å². The molecular weight excluding hydrogens is 402 g/mol. The lowest BCUT2D eigenvalue weighted by molar-refractivity contribution is -0.130. The predicted molar refractivity (Wildman–Crippen MR) is 129 cm³/mol. The molecule has 6 heteroatoms. The van der Waals surface area contributed by atoms with Gasteiger partial charge in [-0.05, 0) is 63.7 Å². The van der Waals surface area contributed by atoms with E-state index in [0.717, 1.165) is 64.7 Å². The predicted octanol–water partition coefficient (Wildman–Crippen LogP) is 4.47. The zero-order chi connectivity index (χ0) is 24.1. The second kappa shape index (κ2) is 11.0. The Morgan fingerprint density at radius 2 is 1.41 bits per heavy atom. The van der Waals surface area contributed by atoms with Gasteiger partial charge >= 0.3 is 0 Å². The van der Waals surface area contributed by atoms with Crippen molar-refractivity contribution in [3.8, 4) is 0 Å². The molecule has 0 aromatic carbocycles. The first kappa shape index (κ1) is 26.7. The van der Waals surface area contributed by atoms with Crippen LogP contribution < -0.4 is 0 Å². The zero-order valence-electron chi connectivity index (χ0n) is 21.7. The van der Waals surface area contributed by atoms with Crippen molar-refractivity contribution in [2.45, 2.75) is 112 Å². The second-order valence-corrected chi connectivity index (χ2v) is 11.2. The number of amides is 3. The van der Waals surface area contributed by atoms with Crippen LogP contribution in [0.5, 0.6) is 0 Å². The Bertz CT molecular complexity index is 671. The summed E-state index contributed by atoms with van der Waals surface area (Å²) in [6.07, 6.45) is 8.11. The third kappa shape index (κ3) is 6.95. The van der Waals surface area contributed by atoms with Gasteiger partial charge in [-0.25, -0.2) is 0 Å². The van der Waals surface area contributed by atoms with E-state index in [-0.39, 0.29) is 5.41 Å². The maximum absolute atomic E-state index is 11.6. The minimum Gasteiger partial charge on any atom is -0.342 e. The van der Waals surface area contributed by atoms with Crippen molar-refractivity contribution >= 4 is 17.7 Å². The smallest absolute Gasteiger partial charge is 0.223 e. The molecule has 0 aromatic rings. The monoisotopic (exact) mass is 449 g/mol. The first-order chi connectivity index (χ1) is 15.0. The summed E-state index contributed by atoms with van der Waals surface area (Å²) >= 11 is 0. The van der Waals surface area contributed by atoms with E-state index in [4.69, 9.17) is 0 Å². The molecule has 3 aliphatic heterocycles. The Morgan fingerprint density at radius 3 is 1.75 bits per heavy atom. The van der Waals surface area contributed by atoms with E-state index in [9.17, 15) is 14.4 Å². The first-order valence-electron chi connectivity index (χ1n) is 12.8. The van der Waals surface area contributed by atoms with Crippen LogP contribution in [0.2, 0.25) is 0 Å². The summed E-state index contributed by atoms with van der Waals surface area (Å²) in [6, 6.07) is 0.910. The van der Waals surface area contributed by atoms with E-state index >= 15 is 0 Å². The molecule has 4 rings (SSSR count). The van der Waals surface area contributed by atoms with E-state index < -0.39 is 0 Å². The van der Waals surface area contributed by atoms with E-state index in [1.165, 1.54) is 12.8 Å². The Morgan fingerprint density at radius 1 is 0.812 bits per heavy atom. The number of nitrogens with zero attached hydrogens (tertiary/aromatic N) is 3. The molecule has 32 heavy (non-hydrogen) atoms. The minimum atomic E-state index is 0.215. The molecule has 6 nitrogen and oxygen atoms in total. The molecule has 0 aromatic heterocycles. The van der Waals surface area contributed by atoms with Crippen LogP contribution in [-0.4, -0.2) is 70.7 Å². The van der Waals surface area contributed by atoms with Crippen molar-refractivity contribution in [3.05, 3.63) is 0 Å². The van der Waals surface area contributed by atoms with Crippen molar-refractivity contribution < 1.29 is 14.4 Å². The van der Waals surface area contributed by atoms with Gasteiger partial charge in [0, 0.05) is 57.5 Å². The lowest BCUT2D eigenvalue weighted by Gasteiger charge is -2.23. The van der Waals surface area contributed by atoms with Crippen molar-refractivity contribution in [2.75, 3.05) is 26.2 Å². The second-order valence-electron chi connectivity index (χ2n) is 11.2. The lowest BCUT2D eigenvalue weighted by Crippen LogP contribution is -2.33. The fraction of sp³-hybridized carbons (Fsp3) is 0.885. The van der Waals surface area contributed by atoms with Gasteiger partial charge in [0.15, 0.2) is 0 Å². The van der Waals surface area contributed by atoms with Crippen LogP contribution in [0.4, 0.5) is 0 Å². The van der Waals surface area contributed by atoms with Gasteiger partial charge in [-0.1, -0.05) is 27.7 Å². The molecule has 0 bridgehead atoms. The molecule has 3 saturated heterocycles. The molecule has 3 heterocycles. The van der Waals surface area contributed by atoms with Gasteiger partial charge in [0.2, 0.25) is 17.7 Å². The fourth-order valence-corrected chi connectivity index (χ4v) is 4.89. The largest absolute Gasteiger partial charge is 0.342 e. The maximum atomic E-state index is 11.6.